The molecule has 0 saturated heterocycles. The highest BCUT2D eigenvalue weighted by molar-refractivity contribution is 6.37. The summed E-state index contributed by atoms with van der Waals surface area (Å²) in [7, 11) is -0.502. The standard InChI is InChI=1S/C9H20BO3.Al/c1-4-7-11-10(12-8-5-2)13-9-6-3;/h7H,4-6,8-9H2,1-3H3;. The van der Waals surface area contributed by atoms with E-state index in [1.165, 1.54) is 0 Å². The van der Waals surface area contributed by atoms with Gasteiger partial charge >= 0.3 is 7.32 Å². The fraction of sp³-hybridized carbons (Fsp3) is 1.00. The molecule has 1 atom stereocenters. The summed E-state index contributed by atoms with van der Waals surface area (Å²) < 4.78 is 16.3. The predicted molar refractivity (Wildman–Crippen MR) is 59.2 cm³/mol. The van der Waals surface area contributed by atoms with E-state index in [4.69, 9.17) is 14.0 Å². The minimum atomic E-state index is -0.502. The SMILES string of the molecule is CCCOB(OCCC)O[CH]([Al])CC. The molecule has 5 heteroatoms. The lowest BCUT2D eigenvalue weighted by atomic mass is 10.2. The summed E-state index contributed by atoms with van der Waals surface area (Å²) in [5.74, 6) is 0. The van der Waals surface area contributed by atoms with Crippen LogP contribution < -0.4 is 0 Å². The van der Waals surface area contributed by atoms with Crippen molar-refractivity contribution in [1.29, 1.82) is 0 Å². The largest absolute Gasteiger partial charge is 0.638 e. The van der Waals surface area contributed by atoms with E-state index in [0.29, 0.717) is 13.2 Å². The lowest BCUT2D eigenvalue weighted by Crippen LogP contribution is -2.33. The minimum absolute atomic E-state index is 0.105. The molecule has 0 saturated carbocycles. The topological polar surface area (TPSA) is 27.7 Å². The molecule has 0 fully saturated rings. The molecule has 0 N–H and O–H groups in total. The molecule has 0 aliphatic rings. The summed E-state index contributed by atoms with van der Waals surface area (Å²) in [5, 5.41) is 0. The van der Waals surface area contributed by atoms with Crippen LogP contribution in [0.4, 0.5) is 0 Å². The van der Waals surface area contributed by atoms with Crippen LogP contribution in [0.25, 0.3) is 0 Å². The Bertz CT molecular complexity index is 119. The smallest absolute Gasteiger partial charge is 0.400 e. The van der Waals surface area contributed by atoms with Gasteiger partial charge in [0.05, 0.1) is 0 Å². The Morgan fingerprint density at radius 2 is 1.57 bits per heavy atom. The lowest BCUT2D eigenvalue weighted by molar-refractivity contribution is 0.0815. The summed E-state index contributed by atoms with van der Waals surface area (Å²) in [4.78, 5) is 0.105. The summed E-state index contributed by atoms with van der Waals surface area (Å²) in [6.07, 6.45) is 2.89. The van der Waals surface area contributed by atoms with E-state index in [9.17, 15) is 0 Å². The number of rotatable bonds is 9. The maximum absolute atomic E-state index is 5.52. The second-order valence-electron chi connectivity index (χ2n) is 3.11. The van der Waals surface area contributed by atoms with Crippen molar-refractivity contribution in [3.05, 3.63) is 0 Å². The van der Waals surface area contributed by atoms with E-state index >= 15 is 0 Å². The zero-order chi connectivity index (χ0) is 10.8. The third-order valence-corrected chi connectivity index (χ3v) is 2.23. The van der Waals surface area contributed by atoms with Crippen LogP contribution in [0.5, 0.6) is 0 Å². The third kappa shape index (κ3) is 7.84. The predicted octanol–water partition coefficient (Wildman–Crippen LogP) is 1.75. The Kier molecular flexibility index (Phi) is 10.4. The van der Waals surface area contributed by atoms with Gasteiger partial charge in [-0.1, -0.05) is 20.8 Å². The van der Waals surface area contributed by atoms with Crippen molar-refractivity contribution in [3.63, 3.8) is 0 Å². The van der Waals surface area contributed by atoms with Gasteiger partial charge in [0.15, 0.2) is 16.3 Å². The first kappa shape index (κ1) is 14.5. The second-order valence-corrected chi connectivity index (χ2v) is 3.86. The molecule has 1 unspecified atom stereocenters. The Hall–Kier alpha value is 0.477. The first-order chi connectivity index (χ1) is 6.74. The highest BCUT2D eigenvalue weighted by Gasteiger charge is 2.22. The molecular formula is C9H20AlBO3. The van der Waals surface area contributed by atoms with Crippen molar-refractivity contribution in [3.8, 4) is 0 Å². The fourth-order valence-electron chi connectivity index (χ4n) is 0.794. The van der Waals surface area contributed by atoms with Gasteiger partial charge in [-0.25, -0.2) is 0 Å². The van der Waals surface area contributed by atoms with E-state index in [-0.39, 0.29) is 4.97 Å². The van der Waals surface area contributed by atoms with Gasteiger partial charge in [0, 0.05) is 13.2 Å². The molecule has 0 amide bonds. The van der Waals surface area contributed by atoms with Gasteiger partial charge in [-0.3, -0.25) is 0 Å². The van der Waals surface area contributed by atoms with Crippen LogP contribution in [0.2, 0.25) is 0 Å². The first-order valence-electron chi connectivity index (χ1n) is 5.38. The van der Waals surface area contributed by atoms with Crippen LogP contribution in [0.15, 0.2) is 0 Å². The first-order valence-corrected chi connectivity index (χ1v) is 6.05. The highest BCUT2D eigenvalue weighted by atomic mass is 27.0. The Balaban J connectivity index is 3.71. The zero-order valence-corrected chi connectivity index (χ0v) is 10.6. The Labute approximate surface area is 96.1 Å². The van der Waals surface area contributed by atoms with Crippen LogP contribution in [0.1, 0.15) is 40.0 Å². The van der Waals surface area contributed by atoms with Gasteiger partial charge in [-0.05, 0) is 24.2 Å². The van der Waals surface area contributed by atoms with Crippen LogP contribution in [-0.2, 0) is 14.0 Å². The lowest BCUT2D eigenvalue weighted by Gasteiger charge is -2.18. The van der Waals surface area contributed by atoms with Crippen molar-refractivity contribution in [2.75, 3.05) is 13.2 Å². The summed E-state index contributed by atoms with van der Waals surface area (Å²) in [6.45, 7) is 7.54. The van der Waals surface area contributed by atoms with Crippen molar-refractivity contribution >= 4 is 23.6 Å². The normalized spacial score (nSPS) is 12.8. The molecule has 3 nitrogen and oxygen atoms in total. The fourth-order valence-corrected chi connectivity index (χ4v) is 0.922. The average molecular weight is 214 g/mol. The summed E-state index contributed by atoms with van der Waals surface area (Å²) in [6, 6.07) is 0. The molecular weight excluding hydrogens is 194 g/mol. The third-order valence-electron chi connectivity index (χ3n) is 1.60. The molecule has 0 heterocycles. The number of hydrogen-bond donors (Lipinski definition) is 0. The van der Waals surface area contributed by atoms with Gasteiger partial charge in [-0.15, -0.1) is 0 Å². The van der Waals surface area contributed by atoms with Crippen LogP contribution >= 0.6 is 0 Å². The molecule has 0 aliphatic heterocycles. The zero-order valence-electron chi connectivity index (χ0n) is 9.49. The highest BCUT2D eigenvalue weighted by Crippen LogP contribution is 2.01. The van der Waals surface area contributed by atoms with Crippen molar-refractivity contribution in [2.24, 2.45) is 0 Å². The van der Waals surface area contributed by atoms with E-state index in [1.54, 1.807) is 0 Å². The van der Waals surface area contributed by atoms with E-state index < -0.39 is 7.32 Å². The average Bonchev–Trinajstić information content (AvgIpc) is 2.21. The number of hydrogen-bond acceptors (Lipinski definition) is 3. The molecule has 0 rings (SSSR count). The molecule has 14 heavy (non-hydrogen) atoms. The minimum Gasteiger partial charge on any atom is -0.400 e. The van der Waals surface area contributed by atoms with Gasteiger partial charge in [0.25, 0.3) is 0 Å². The molecule has 0 aromatic rings. The molecule has 0 bridgehead atoms. The summed E-state index contributed by atoms with van der Waals surface area (Å²) in [5.41, 5.74) is 0. The van der Waals surface area contributed by atoms with Gasteiger partial charge in [0.1, 0.15) is 0 Å². The van der Waals surface area contributed by atoms with Gasteiger partial charge in [-0.2, -0.15) is 0 Å². The maximum atomic E-state index is 5.52. The molecule has 2 radical (unpaired) electrons. The van der Waals surface area contributed by atoms with Crippen LogP contribution in [0, 0.1) is 0 Å². The monoisotopic (exact) mass is 214 g/mol. The molecule has 0 spiro atoms. The van der Waals surface area contributed by atoms with Gasteiger partial charge < -0.3 is 14.0 Å². The maximum Gasteiger partial charge on any atom is 0.638 e. The van der Waals surface area contributed by atoms with Crippen molar-refractivity contribution < 1.29 is 14.0 Å². The van der Waals surface area contributed by atoms with Crippen molar-refractivity contribution in [1.82, 2.24) is 0 Å². The quantitative estimate of drug-likeness (QED) is 0.547. The molecule has 0 aliphatic carbocycles. The van der Waals surface area contributed by atoms with E-state index in [0.717, 1.165) is 19.3 Å². The van der Waals surface area contributed by atoms with Crippen molar-refractivity contribution in [2.45, 2.75) is 45.0 Å². The Morgan fingerprint density at radius 1 is 1.07 bits per heavy atom. The van der Waals surface area contributed by atoms with Gasteiger partial charge in [0.2, 0.25) is 0 Å². The molecule has 0 aromatic heterocycles. The second kappa shape index (κ2) is 10.0. The van der Waals surface area contributed by atoms with E-state index in [2.05, 4.69) is 37.1 Å². The molecule has 0 aromatic carbocycles. The molecule has 80 valence electrons. The van der Waals surface area contributed by atoms with Crippen LogP contribution in [-0.4, -0.2) is 41.8 Å². The summed E-state index contributed by atoms with van der Waals surface area (Å²) >= 11 is 2.63. The van der Waals surface area contributed by atoms with Crippen LogP contribution in [0.3, 0.4) is 0 Å². The van der Waals surface area contributed by atoms with E-state index in [1.807, 2.05) is 0 Å². The Morgan fingerprint density at radius 3 is 1.93 bits per heavy atom.